The highest BCUT2D eigenvalue weighted by molar-refractivity contribution is 6.31. The summed E-state index contributed by atoms with van der Waals surface area (Å²) in [6, 6.07) is 7.21. The van der Waals surface area contributed by atoms with Gasteiger partial charge in [-0.3, -0.25) is 4.68 Å². The number of hydrogen-bond donors (Lipinski definition) is 0. The lowest BCUT2D eigenvalue weighted by atomic mass is 10.0. The van der Waals surface area contributed by atoms with Crippen molar-refractivity contribution in [2.75, 3.05) is 0 Å². The first-order valence-electron chi connectivity index (χ1n) is 11.7. The molecule has 1 aliphatic carbocycles. The predicted molar refractivity (Wildman–Crippen MR) is 129 cm³/mol. The third-order valence-electron chi connectivity index (χ3n) is 6.57. The fourth-order valence-electron chi connectivity index (χ4n) is 4.55. The van der Waals surface area contributed by atoms with Gasteiger partial charge in [-0.15, -0.1) is 5.10 Å². The molecule has 14 heteroatoms. The number of aromatic nitrogens is 9. The zero-order chi connectivity index (χ0) is 26.4. The van der Waals surface area contributed by atoms with Crippen LogP contribution in [-0.2, 0) is 0 Å². The van der Waals surface area contributed by atoms with Crippen molar-refractivity contribution in [2.45, 2.75) is 31.9 Å². The van der Waals surface area contributed by atoms with Crippen LogP contribution >= 0.6 is 11.6 Å². The first kappa shape index (κ1) is 24.1. The number of tetrazole rings is 1. The maximum Gasteiger partial charge on any atom is 0.333 e. The molecule has 0 unspecified atom stereocenters. The van der Waals surface area contributed by atoms with E-state index in [9.17, 15) is 14.0 Å². The molecule has 1 aliphatic rings. The van der Waals surface area contributed by atoms with Crippen LogP contribution in [0.4, 0.5) is 13.2 Å². The molecule has 0 radical (unpaired) electrons. The second-order valence-electron chi connectivity index (χ2n) is 9.02. The van der Waals surface area contributed by atoms with Crippen molar-refractivity contribution >= 4 is 11.6 Å². The van der Waals surface area contributed by atoms with Crippen molar-refractivity contribution in [1.82, 2.24) is 39.8 Å². The fraction of sp³-hybridized carbons (Fsp3) is 0.250. The van der Waals surface area contributed by atoms with Gasteiger partial charge < -0.3 is 5.21 Å². The largest absolute Gasteiger partial charge is 0.618 e. The van der Waals surface area contributed by atoms with E-state index in [2.05, 4.69) is 25.7 Å². The summed E-state index contributed by atoms with van der Waals surface area (Å²) in [6.07, 6.45) is 9.68. The van der Waals surface area contributed by atoms with Crippen molar-refractivity contribution in [2.24, 2.45) is 5.92 Å². The minimum Gasteiger partial charge on any atom is -0.618 e. The summed E-state index contributed by atoms with van der Waals surface area (Å²) in [5.74, 6) is -0.301. The van der Waals surface area contributed by atoms with E-state index in [-0.39, 0.29) is 21.8 Å². The summed E-state index contributed by atoms with van der Waals surface area (Å²) in [6.45, 7) is -2.80. The van der Waals surface area contributed by atoms with Crippen molar-refractivity contribution in [1.29, 1.82) is 0 Å². The van der Waals surface area contributed by atoms with Crippen molar-refractivity contribution in [3.05, 3.63) is 83.2 Å². The highest BCUT2D eigenvalue weighted by atomic mass is 35.5. The van der Waals surface area contributed by atoms with E-state index in [1.54, 1.807) is 29.1 Å². The zero-order valence-corrected chi connectivity index (χ0v) is 20.3. The number of hydrogen-bond acceptors (Lipinski definition) is 6. The van der Waals surface area contributed by atoms with E-state index in [1.807, 2.05) is 0 Å². The molecule has 1 aromatic carbocycles. The second-order valence-corrected chi connectivity index (χ2v) is 9.43. The Morgan fingerprint density at radius 2 is 1.95 bits per heavy atom. The third kappa shape index (κ3) is 4.38. The van der Waals surface area contributed by atoms with E-state index in [4.69, 9.17) is 11.6 Å². The molecular formula is C24H19ClF3N9O. The van der Waals surface area contributed by atoms with E-state index in [0.717, 1.165) is 12.8 Å². The Hall–Kier alpha value is -4.26. The Kier molecular flexibility index (Phi) is 6.06. The van der Waals surface area contributed by atoms with Gasteiger partial charge in [0, 0.05) is 24.0 Å². The van der Waals surface area contributed by atoms with Gasteiger partial charge in [0.1, 0.15) is 12.4 Å². The van der Waals surface area contributed by atoms with E-state index in [1.165, 1.54) is 41.7 Å². The first-order chi connectivity index (χ1) is 18.4. The summed E-state index contributed by atoms with van der Waals surface area (Å²) in [5, 5.41) is 32.3. The van der Waals surface area contributed by atoms with Gasteiger partial charge >= 0.3 is 6.55 Å². The van der Waals surface area contributed by atoms with Crippen LogP contribution in [0.3, 0.4) is 0 Å². The molecular weight excluding hydrogens is 523 g/mol. The van der Waals surface area contributed by atoms with Crippen LogP contribution in [0, 0.1) is 16.9 Å². The molecule has 0 aliphatic heterocycles. The summed E-state index contributed by atoms with van der Waals surface area (Å²) >= 11 is 6.05. The summed E-state index contributed by atoms with van der Waals surface area (Å²) < 4.78 is 46.1. The molecule has 0 bridgehead atoms. The van der Waals surface area contributed by atoms with Gasteiger partial charge in [0.25, 0.3) is 0 Å². The molecule has 5 aromatic rings. The van der Waals surface area contributed by atoms with Crippen LogP contribution in [-0.4, -0.2) is 39.8 Å². The Morgan fingerprint density at radius 1 is 1.11 bits per heavy atom. The number of rotatable bonds is 8. The predicted octanol–water partition coefficient (Wildman–Crippen LogP) is 4.60. The fourth-order valence-corrected chi connectivity index (χ4v) is 4.71. The quantitative estimate of drug-likeness (QED) is 0.210. The molecule has 0 N–H and O–H groups in total. The number of alkyl halides is 2. The average Bonchev–Trinajstić information content (AvgIpc) is 3.31. The minimum absolute atomic E-state index is 0.0707. The normalized spacial score (nSPS) is 14.3. The van der Waals surface area contributed by atoms with Gasteiger partial charge in [0.2, 0.25) is 5.69 Å². The van der Waals surface area contributed by atoms with Gasteiger partial charge in [-0.05, 0) is 47.0 Å². The SMILES string of the molecule is [O-][n+]1cc(-c2c(-n3cnnn3)ccc(Cl)c2F)ccc1[C@H](CC1CC1)n1cc(-c2ccnn2C(F)F)cn1. The minimum atomic E-state index is -2.80. The highest BCUT2D eigenvalue weighted by Crippen LogP contribution is 2.39. The van der Waals surface area contributed by atoms with Crippen LogP contribution < -0.4 is 4.73 Å². The molecule has 4 aromatic heterocycles. The average molecular weight is 542 g/mol. The van der Waals surface area contributed by atoms with Crippen LogP contribution in [0.1, 0.15) is 37.5 Å². The highest BCUT2D eigenvalue weighted by Gasteiger charge is 2.32. The molecule has 0 amide bonds. The molecule has 4 heterocycles. The number of pyridine rings is 1. The molecule has 6 rings (SSSR count). The maximum absolute atomic E-state index is 15.2. The van der Waals surface area contributed by atoms with E-state index < -0.39 is 18.4 Å². The number of halogens is 4. The molecule has 0 saturated heterocycles. The lowest BCUT2D eigenvalue weighted by Crippen LogP contribution is -2.35. The smallest absolute Gasteiger partial charge is 0.333 e. The standard InChI is InChI=1S/C24H19ClF3N9O/c25-17-4-6-20(35-13-29-32-33-35)22(23(17)26)15-3-5-19(36(38)12-15)21(9-14-1-2-14)34-11-16(10-31-34)18-7-8-30-37(18)24(27)28/h3-8,10-14,21,24H,1-2,9H2/t21-/m0/s1. The van der Waals surface area contributed by atoms with Crippen LogP contribution in [0.15, 0.2) is 61.4 Å². The molecule has 1 saturated carbocycles. The van der Waals surface area contributed by atoms with Gasteiger partial charge in [-0.1, -0.05) is 24.4 Å². The van der Waals surface area contributed by atoms with Crippen molar-refractivity contribution < 1.29 is 17.9 Å². The third-order valence-corrected chi connectivity index (χ3v) is 6.86. The summed E-state index contributed by atoms with van der Waals surface area (Å²) in [7, 11) is 0. The van der Waals surface area contributed by atoms with Crippen LogP contribution in [0.2, 0.25) is 5.02 Å². The first-order valence-corrected chi connectivity index (χ1v) is 12.1. The van der Waals surface area contributed by atoms with Crippen LogP contribution in [0.5, 0.6) is 0 Å². The Morgan fingerprint density at radius 3 is 2.66 bits per heavy atom. The molecule has 10 nitrogen and oxygen atoms in total. The Balaban J connectivity index is 1.39. The topological polar surface area (TPSA) is 106 Å². The lowest BCUT2D eigenvalue weighted by Gasteiger charge is -2.18. The maximum atomic E-state index is 15.2. The summed E-state index contributed by atoms with van der Waals surface area (Å²) in [4.78, 5) is 0. The Bertz CT molecular complexity index is 1600. The molecule has 1 atom stereocenters. The van der Waals surface area contributed by atoms with Crippen LogP contribution in [0.25, 0.3) is 28.1 Å². The van der Waals surface area contributed by atoms with E-state index in [0.29, 0.717) is 38.7 Å². The molecule has 1 fully saturated rings. The number of nitrogens with zero attached hydrogens (tertiary/aromatic N) is 9. The summed E-state index contributed by atoms with van der Waals surface area (Å²) in [5.41, 5.74) is 1.71. The zero-order valence-electron chi connectivity index (χ0n) is 19.6. The lowest BCUT2D eigenvalue weighted by molar-refractivity contribution is -0.615. The molecule has 0 spiro atoms. The van der Waals surface area contributed by atoms with Crippen molar-refractivity contribution in [3.8, 4) is 28.1 Å². The van der Waals surface area contributed by atoms with Crippen molar-refractivity contribution in [3.63, 3.8) is 0 Å². The van der Waals surface area contributed by atoms with E-state index >= 15 is 4.39 Å². The number of benzene rings is 1. The van der Waals surface area contributed by atoms with Gasteiger partial charge in [-0.2, -0.15) is 28.4 Å². The van der Waals surface area contributed by atoms with Gasteiger partial charge in [0.15, 0.2) is 12.0 Å². The molecule has 38 heavy (non-hydrogen) atoms. The Labute approximate surface area is 218 Å². The second kappa shape index (κ2) is 9.56. The molecule has 194 valence electrons. The van der Waals surface area contributed by atoms with Gasteiger partial charge in [-0.25, -0.2) is 9.07 Å². The monoisotopic (exact) mass is 541 g/mol. The van der Waals surface area contributed by atoms with Gasteiger partial charge in [0.05, 0.1) is 33.7 Å².